The molecule has 0 spiro atoms. The summed E-state index contributed by atoms with van der Waals surface area (Å²) in [5.74, 6) is -0.499. The Bertz CT molecular complexity index is 1080. The van der Waals surface area contributed by atoms with Gasteiger partial charge in [0.05, 0.1) is 25.2 Å². The maximum absolute atomic E-state index is 13.2. The summed E-state index contributed by atoms with van der Waals surface area (Å²) in [5.41, 5.74) is 0. The molecule has 0 aromatic rings. The third kappa shape index (κ3) is 46.2. The van der Waals surface area contributed by atoms with Gasteiger partial charge in [0, 0.05) is 6.42 Å². The molecule has 3 N–H and O–H groups in total. The normalized spacial score (nSPS) is 13.5. The van der Waals surface area contributed by atoms with Crippen molar-refractivity contribution in [2.24, 2.45) is 0 Å². The smallest absolute Gasteiger partial charge is 0.306 e. The summed E-state index contributed by atoms with van der Waals surface area (Å²) < 4.78 is 5.94. The molecular weight excluding hydrogens is 779 g/mol. The molecule has 0 saturated heterocycles. The summed E-state index contributed by atoms with van der Waals surface area (Å²) in [6.45, 7) is 6.38. The average Bonchev–Trinajstić information content (AvgIpc) is 3.28. The summed E-state index contributed by atoms with van der Waals surface area (Å²) in [6.07, 6.45) is 61.7. The van der Waals surface area contributed by atoms with Crippen LogP contribution in [0.4, 0.5) is 0 Å². The summed E-state index contributed by atoms with van der Waals surface area (Å²) in [5, 5.41) is 23.8. The number of hydrogen-bond acceptors (Lipinski definition) is 5. The zero-order chi connectivity index (χ0) is 45.9. The molecule has 0 aliphatic rings. The van der Waals surface area contributed by atoms with Crippen LogP contribution in [0, 0.1) is 0 Å². The molecule has 0 aliphatic heterocycles. The minimum absolute atomic E-state index is 0.0676. The Hall–Kier alpha value is -2.18. The van der Waals surface area contributed by atoms with Crippen molar-refractivity contribution in [3.05, 3.63) is 48.6 Å². The van der Waals surface area contributed by atoms with Crippen molar-refractivity contribution in [3.8, 4) is 0 Å². The first-order valence-electron chi connectivity index (χ1n) is 27.4. The molecule has 6 nitrogen and oxygen atoms in total. The molecule has 0 heterocycles. The highest BCUT2D eigenvalue weighted by Crippen LogP contribution is 2.18. The predicted molar refractivity (Wildman–Crippen MR) is 273 cm³/mol. The number of allylic oxidation sites excluding steroid dienone is 8. The van der Waals surface area contributed by atoms with Gasteiger partial charge in [0.1, 0.15) is 6.10 Å². The van der Waals surface area contributed by atoms with Crippen LogP contribution in [0.25, 0.3) is 0 Å². The van der Waals surface area contributed by atoms with E-state index in [1.54, 1.807) is 0 Å². The van der Waals surface area contributed by atoms with Gasteiger partial charge >= 0.3 is 5.97 Å². The van der Waals surface area contributed by atoms with E-state index < -0.39 is 18.2 Å². The number of hydrogen-bond donors (Lipinski definition) is 3. The number of aliphatic hydroxyl groups is 2. The highest BCUT2D eigenvalue weighted by atomic mass is 16.5. The van der Waals surface area contributed by atoms with Gasteiger partial charge in [-0.2, -0.15) is 0 Å². The number of aliphatic hydroxyl groups excluding tert-OH is 2. The second-order valence-corrected chi connectivity index (χ2v) is 18.6. The zero-order valence-electron chi connectivity index (χ0n) is 42.0. The lowest BCUT2D eigenvalue weighted by molar-refractivity contribution is -0.151. The van der Waals surface area contributed by atoms with Gasteiger partial charge in [0.15, 0.2) is 0 Å². The van der Waals surface area contributed by atoms with Gasteiger partial charge in [0.25, 0.3) is 0 Å². The maximum atomic E-state index is 13.2. The van der Waals surface area contributed by atoms with Crippen LogP contribution in [0.5, 0.6) is 0 Å². The number of rotatable bonds is 49. The highest BCUT2D eigenvalue weighted by Gasteiger charge is 2.24. The van der Waals surface area contributed by atoms with Crippen LogP contribution in [-0.2, 0) is 14.3 Å². The van der Waals surface area contributed by atoms with Crippen LogP contribution in [-0.4, -0.2) is 46.9 Å². The van der Waals surface area contributed by atoms with Gasteiger partial charge in [0.2, 0.25) is 5.91 Å². The molecule has 0 aliphatic carbocycles. The van der Waals surface area contributed by atoms with E-state index in [9.17, 15) is 19.8 Å². The molecule has 0 radical (unpaired) electrons. The lowest BCUT2D eigenvalue weighted by atomic mass is 10.0. The number of esters is 1. The number of amides is 1. The van der Waals surface area contributed by atoms with E-state index in [4.69, 9.17) is 4.74 Å². The number of carbonyl (C=O) groups is 2. The van der Waals surface area contributed by atoms with Gasteiger partial charge < -0.3 is 20.3 Å². The van der Waals surface area contributed by atoms with Crippen LogP contribution in [0.1, 0.15) is 278 Å². The fourth-order valence-electron chi connectivity index (χ4n) is 8.31. The summed E-state index contributed by atoms with van der Waals surface area (Å²) >= 11 is 0. The standard InChI is InChI=1S/C57H105NO5/c1-4-7-10-13-16-19-22-25-27-29-32-35-38-41-44-47-50-57(62)63-53(48-45-42-39-36-33-31-28-26-23-20-17-14-11-8-5-2)51-56(61)58-54(52-59)55(60)49-46-43-40-37-34-30-24-21-18-15-12-9-6-3/h7,10,16,19,25,27,32,35,53-55,59-60H,4-6,8-9,11-15,17-18,20-24,26,28-31,33-34,36-52H2,1-3H3,(H,58,61)/b10-7+,19-16+,27-25+,35-32+. The van der Waals surface area contributed by atoms with E-state index in [2.05, 4.69) is 74.7 Å². The Morgan fingerprint density at radius 3 is 1.29 bits per heavy atom. The van der Waals surface area contributed by atoms with Crippen molar-refractivity contribution in [2.45, 2.75) is 296 Å². The number of nitrogens with one attached hydrogen (secondary N) is 1. The van der Waals surface area contributed by atoms with Crippen LogP contribution in [0.15, 0.2) is 48.6 Å². The highest BCUT2D eigenvalue weighted by molar-refractivity contribution is 5.77. The fraction of sp³-hybridized carbons (Fsp3) is 0.825. The summed E-state index contributed by atoms with van der Waals surface area (Å²) in [7, 11) is 0. The molecule has 3 atom stereocenters. The van der Waals surface area contributed by atoms with Crippen LogP contribution in [0.2, 0.25) is 0 Å². The topological polar surface area (TPSA) is 95.9 Å². The average molecular weight is 884 g/mol. The molecule has 6 heteroatoms. The minimum atomic E-state index is -0.792. The second-order valence-electron chi connectivity index (χ2n) is 18.6. The summed E-state index contributed by atoms with van der Waals surface area (Å²) in [6, 6.07) is -0.706. The van der Waals surface area contributed by atoms with Crippen LogP contribution >= 0.6 is 0 Å². The maximum Gasteiger partial charge on any atom is 0.306 e. The Morgan fingerprint density at radius 2 is 0.857 bits per heavy atom. The predicted octanol–water partition coefficient (Wildman–Crippen LogP) is 16.6. The molecule has 1 amide bonds. The fourth-order valence-corrected chi connectivity index (χ4v) is 8.31. The zero-order valence-corrected chi connectivity index (χ0v) is 42.0. The largest absolute Gasteiger partial charge is 0.462 e. The van der Waals surface area contributed by atoms with Crippen molar-refractivity contribution in [3.63, 3.8) is 0 Å². The molecule has 0 aromatic carbocycles. The molecule has 0 aromatic heterocycles. The van der Waals surface area contributed by atoms with Crippen molar-refractivity contribution in [1.29, 1.82) is 0 Å². The van der Waals surface area contributed by atoms with Crippen LogP contribution in [0.3, 0.4) is 0 Å². The molecule has 63 heavy (non-hydrogen) atoms. The SMILES string of the molecule is CC/C=C/C/C=C/C/C=C/C/C=C/CCCCCC(=O)OC(CCCCCCCCCCCCCCCCC)CC(=O)NC(CO)C(O)CCCCCCCCCCCCCCC. The second kappa shape index (κ2) is 50.8. The van der Waals surface area contributed by atoms with Gasteiger partial charge in [-0.3, -0.25) is 9.59 Å². The molecule has 0 saturated carbocycles. The van der Waals surface area contributed by atoms with Gasteiger partial charge in [-0.15, -0.1) is 0 Å². The first-order chi connectivity index (χ1) is 31.0. The van der Waals surface area contributed by atoms with E-state index in [1.165, 1.54) is 148 Å². The Labute approximate surface area is 391 Å². The van der Waals surface area contributed by atoms with E-state index in [0.29, 0.717) is 19.3 Å². The van der Waals surface area contributed by atoms with E-state index in [-0.39, 0.29) is 24.9 Å². The summed E-state index contributed by atoms with van der Waals surface area (Å²) in [4.78, 5) is 26.2. The molecule has 0 fully saturated rings. The molecule has 0 bridgehead atoms. The third-order valence-corrected chi connectivity index (χ3v) is 12.4. The molecule has 368 valence electrons. The van der Waals surface area contributed by atoms with Crippen molar-refractivity contribution < 1.29 is 24.5 Å². The lowest BCUT2D eigenvalue weighted by Crippen LogP contribution is -2.46. The van der Waals surface area contributed by atoms with E-state index in [0.717, 1.165) is 83.5 Å². The monoisotopic (exact) mass is 884 g/mol. The Morgan fingerprint density at radius 1 is 0.476 bits per heavy atom. The van der Waals surface area contributed by atoms with E-state index in [1.807, 2.05) is 0 Å². The van der Waals surface area contributed by atoms with Crippen molar-refractivity contribution in [2.75, 3.05) is 6.61 Å². The minimum Gasteiger partial charge on any atom is -0.462 e. The van der Waals surface area contributed by atoms with Gasteiger partial charge in [-0.25, -0.2) is 0 Å². The molecular formula is C57H105NO5. The molecule has 3 unspecified atom stereocenters. The quantitative estimate of drug-likeness (QED) is 0.0321. The lowest BCUT2D eigenvalue weighted by Gasteiger charge is -2.24. The van der Waals surface area contributed by atoms with Crippen molar-refractivity contribution >= 4 is 11.9 Å². The Kier molecular flexibility index (Phi) is 49.1. The van der Waals surface area contributed by atoms with Gasteiger partial charge in [-0.1, -0.05) is 249 Å². The first-order valence-corrected chi connectivity index (χ1v) is 27.4. The van der Waals surface area contributed by atoms with E-state index >= 15 is 0 Å². The van der Waals surface area contributed by atoms with Crippen molar-refractivity contribution in [1.82, 2.24) is 5.32 Å². The number of unbranched alkanes of at least 4 members (excludes halogenated alkanes) is 29. The molecule has 0 rings (SSSR count). The number of ether oxygens (including phenoxy) is 1. The van der Waals surface area contributed by atoms with Crippen LogP contribution < -0.4 is 5.32 Å². The first kappa shape index (κ1) is 60.8. The Balaban J connectivity index is 4.61. The number of carbonyl (C=O) groups excluding carboxylic acids is 2. The van der Waals surface area contributed by atoms with Gasteiger partial charge in [-0.05, 0) is 64.2 Å². The third-order valence-electron chi connectivity index (χ3n) is 12.4.